The molecule has 2 heterocycles. The van der Waals surface area contributed by atoms with E-state index < -0.39 is 0 Å². The number of fused-ring (bicyclic) bond motifs is 5. The van der Waals surface area contributed by atoms with Gasteiger partial charge < -0.3 is 9.14 Å². The normalized spacial score (nSPS) is 12.5. The smallest absolute Gasteiger partial charge is 0.137 e. The van der Waals surface area contributed by atoms with Gasteiger partial charge in [0.2, 0.25) is 0 Å². The van der Waals surface area contributed by atoms with Crippen molar-refractivity contribution in [3.05, 3.63) is 53.3 Å². The number of methoxy groups -OCH3 is 1. The Hall–Kier alpha value is -2.29. The van der Waals surface area contributed by atoms with Gasteiger partial charge in [0, 0.05) is 17.7 Å². The molecule has 0 unspecified atom stereocenters. The summed E-state index contributed by atoms with van der Waals surface area (Å²) in [5, 5.41) is 0. The van der Waals surface area contributed by atoms with Crippen molar-refractivity contribution in [2.24, 2.45) is 0 Å². The molecule has 0 saturated carbocycles. The summed E-state index contributed by atoms with van der Waals surface area (Å²) in [5.41, 5.74) is 7.18. The molecule has 0 fully saturated rings. The second kappa shape index (κ2) is 3.60. The van der Waals surface area contributed by atoms with Crippen LogP contribution in [0.1, 0.15) is 17.0 Å². The molecule has 19 heavy (non-hydrogen) atoms. The van der Waals surface area contributed by atoms with Crippen molar-refractivity contribution >= 4 is 5.65 Å². The zero-order valence-electron chi connectivity index (χ0n) is 11.0. The van der Waals surface area contributed by atoms with Gasteiger partial charge in [0.05, 0.1) is 18.5 Å². The minimum Gasteiger partial charge on any atom is -0.497 e. The zero-order chi connectivity index (χ0) is 13.0. The second-order valence-corrected chi connectivity index (χ2v) is 4.97. The Labute approximate surface area is 111 Å². The highest BCUT2D eigenvalue weighted by molar-refractivity contribution is 5.76. The predicted molar refractivity (Wildman–Crippen MR) is 74.7 cm³/mol. The summed E-state index contributed by atoms with van der Waals surface area (Å²) in [6.45, 7) is 2.12. The summed E-state index contributed by atoms with van der Waals surface area (Å²) in [6.07, 6.45) is 0.945. The van der Waals surface area contributed by atoms with E-state index in [4.69, 9.17) is 9.72 Å². The van der Waals surface area contributed by atoms with E-state index in [1.54, 1.807) is 7.11 Å². The highest BCUT2D eigenvalue weighted by atomic mass is 16.5. The summed E-state index contributed by atoms with van der Waals surface area (Å²) >= 11 is 0. The third kappa shape index (κ3) is 1.35. The first-order valence-electron chi connectivity index (χ1n) is 6.42. The maximum atomic E-state index is 5.32. The molecule has 0 aliphatic heterocycles. The van der Waals surface area contributed by atoms with Crippen LogP contribution < -0.4 is 4.74 Å². The van der Waals surface area contributed by atoms with Gasteiger partial charge in [-0.25, -0.2) is 4.98 Å². The van der Waals surface area contributed by atoms with Gasteiger partial charge in [-0.3, -0.25) is 0 Å². The monoisotopic (exact) mass is 250 g/mol. The van der Waals surface area contributed by atoms with Crippen LogP contribution in [-0.4, -0.2) is 16.5 Å². The Morgan fingerprint density at radius 2 is 2.11 bits per heavy atom. The number of hydrogen-bond acceptors (Lipinski definition) is 2. The lowest BCUT2D eigenvalue weighted by molar-refractivity contribution is 0.415. The van der Waals surface area contributed by atoms with Gasteiger partial charge in [-0.15, -0.1) is 0 Å². The lowest BCUT2D eigenvalue weighted by Gasteiger charge is -2.04. The highest BCUT2D eigenvalue weighted by Crippen LogP contribution is 2.38. The van der Waals surface area contributed by atoms with Gasteiger partial charge in [-0.2, -0.15) is 0 Å². The van der Waals surface area contributed by atoms with Crippen molar-refractivity contribution in [1.82, 2.24) is 9.38 Å². The summed E-state index contributed by atoms with van der Waals surface area (Å²) in [5.74, 6) is 0.889. The molecule has 0 saturated heterocycles. The van der Waals surface area contributed by atoms with Gasteiger partial charge in [0.15, 0.2) is 0 Å². The van der Waals surface area contributed by atoms with Crippen LogP contribution in [0.3, 0.4) is 0 Å². The molecular weight excluding hydrogens is 236 g/mol. The Morgan fingerprint density at radius 3 is 2.95 bits per heavy atom. The van der Waals surface area contributed by atoms with Crippen LogP contribution in [0.4, 0.5) is 0 Å². The van der Waals surface area contributed by atoms with Gasteiger partial charge in [0.25, 0.3) is 0 Å². The average Bonchev–Trinajstić information content (AvgIpc) is 2.94. The molecule has 94 valence electrons. The highest BCUT2D eigenvalue weighted by Gasteiger charge is 2.24. The number of hydrogen-bond donors (Lipinski definition) is 0. The van der Waals surface area contributed by atoms with Crippen molar-refractivity contribution in [3.8, 4) is 17.0 Å². The Balaban J connectivity index is 2.03. The van der Waals surface area contributed by atoms with Crippen molar-refractivity contribution < 1.29 is 4.74 Å². The Morgan fingerprint density at radius 1 is 1.21 bits per heavy atom. The number of aryl methyl sites for hydroxylation is 1. The molecule has 0 radical (unpaired) electrons. The quantitative estimate of drug-likeness (QED) is 0.518. The summed E-state index contributed by atoms with van der Waals surface area (Å²) in [4.78, 5) is 4.78. The number of rotatable bonds is 1. The van der Waals surface area contributed by atoms with Crippen LogP contribution >= 0.6 is 0 Å². The number of imidazole rings is 1. The molecule has 3 heteroatoms. The fraction of sp³-hybridized carbons (Fsp3) is 0.188. The molecule has 4 rings (SSSR count). The van der Waals surface area contributed by atoms with E-state index in [1.165, 1.54) is 22.5 Å². The van der Waals surface area contributed by atoms with E-state index in [0.29, 0.717) is 0 Å². The first kappa shape index (κ1) is 10.6. The average molecular weight is 250 g/mol. The van der Waals surface area contributed by atoms with Crippen LogP contribution in [-0.2, 0) is 6.42 Å². The summed E-state index contributed by atoms with van der Waals surface area (Å²) < 4.78 is 7.57. The van der Waals surface area contributed by atoms with Gasteiger partial charge in [0.1, 0.15) is 11.4 Å². The SMILES string of the molecule is COc1ccc2c(c1)-c1nc3cccc(C)n3c1C2. The number of benzene rings is 1. The van der Waals surface area contributed by atoms with Crippen LogP contribution in [0.2, 0.25) is 0 Å². The Bertz CT molecular complexity index is 802. The molecule has 2 aromatic heterocycles. The maximum absolute atomic E-state index is 5.32. The molecule has 0 bridgehead atoms. The van der Waals surface area contributed by atoms with Crippen LogP contribution in [0, 0.1) is 6.92 Å². The molecule has 0 N–H and O–H groups in total. The third-order valence-corrected chi connectivity index (χ3v) is 3.86. The lowest BCUT2D eigenvalue weighted by Crippen LogP contribution is -1.95. The van der Waals surface area contributed by atoms with Gasteiger partial charge >= 0.3 is 0 Å². The zero-order valence-corrected chi connectivity index (χ0v) is 11.0. The first-order valence-corrected chi connectivity index (χ1v) is 6.42. The molecule has 0 spiro atoms. The minimum atomic E-state index is 0.889. The molecule has 0 amide bonds. The molecule has 3 nitrogen and oxygen atoms in total. The largest absolute Gasteiger partial charge is 0.497 e. The van der Waals surface area contributed by atoms with E-state index in [1.807, 2.05) is 6.07 Å². The fourth-order valence-corrected chi connectivity index (χ4v) is 2.94. The molecule has 3 aromatic rings. The number of ether oxygens (including phenoxy) is 1. The minimum absolute atomic E-state index is 0.889. The van der Waals surface area contributed by atoms with Crippen molar-refractivity contribution in [2.45, 2.75) is 13.3 Å². The molecule has 1 aliphatic carbocycles. The van der Waals surface area contributed by atoms with Crippen LogP contribution in [0.5, 0.6) is 5.75 Å². The molecule has 0 atom stereocenters. The number of pyridine rings is 1. The molecular formula is C16H14N2O. The standard InChI is InChI=1S/C16H14N2O/c1-10-4-3-5-15-17-16-13-9-12(19-2)7-6-11(13)8-14(16)18(10)15/h3-7,9H,8H2,1-2H3. The Kier molecular flexibility index (Phi) is 2.01. The van der Waals surface area contributed by atoms with Crippen LogP contribution in [0.15, 0.2) is 36.4 Å². The van der Waals surface area contributed by atoms with E-state index in [2.05, 4.69) is 41.7 Å². The summed E-state index contributed by atoms with van der Waals surface area (Å²) in [7, 11) is 1.70. The predicted octanol–water partition coefficient (Wildman–Crippen LogP) is 3.22. The van der Waals surface area contributed by atoms with E-state index in [-0.39, 0.29) is 0 Å². The number of nitrogens with zero attached hydrogens (tertiary/aromatic N) is 2. The topological polar surface area (TPSA) is 26.5 Å². The van der Waals surface area contributed by atoms with Crippen LogP contribution in [0.25, 0.3) is 16.9 Å². The van der Waals surface area contributed by atoms with Gasteiger partial charge in [-0.05, 0) is 36.8 Å². The maximum Gasteiger partial charge on any atom is 0.137 e. The number of aromatic nitrogens is 2. The van der Waals surface area contributed by atoms with E-state index in [9.17, 15) is 0 Å². The fourth-order valence-electron chi connectivity index (χ4n) is 2.94. The van der Waals surface area contributed by atoms with E-state index in [0.717, 1.165) is 23.5 Å². The van der Waals surface area contributed by atoms with E-state index >= 15 is 0 Å². The van der Waals surface area contributed by atoms with Gasteiger partial charge in [-0.1, -0.05) is 12.1 Å². The molecule has 1 aromatic carbocycles. The van der Waals surface area contributed by atoms with Crippen molar-refractivity contribution in [2.75, 3.05) is 7.11 Å². The van der Waals surface area contributed by atoms with Crippen molar-refractivity contribution in [3.63, 3.8) is 0 Å². The second-order valence-electron chi connectivity index (χ2n) is 4.97. The first-order chi connectivity index (χ1) is 9.28. The van der Waals surface area contributed by atoms with Crippen molar-refractivity contribution in [1.29, 1.82) is 0 Å². The molecule has 1 aliphatic rings. The third-order valence-electron chi connectivity index (χ3n) is 3.86. The lowest BCUT2D eigenvalue weighted by atomic mass is 10.1. The summed E-state index contributed by atoms with van der Waals surface area (Å²) in [6, 6.07) is 12.5.